The number of hydrogen-bond donors (Lipinski definition) is 2. The van der Waals surface area contributed by atoms with Gasteiger partial charge in [0.25, 0.3) is 0 Å². The van der Waals surface area contributed by atoms with Crippen LogP contribution >= 0.6 is 11.6 Å². The molecule has 4 aromatic carbocycles. The number of anilines is 4. The van der Waals surface area contributed by atoms with Crippen LogP contribution in [0.25, 0.3) is 11.1 Å². The van der Waals surface area contributed by atoms with Gasteiger partial charge < -0.3 is 29.1 Å². The van der Waals surface area contributed by atoms with Crippen molar-refractivity contribution in [2.24, 2.45) is 5.73 Å². The molecule has 0 bridgehead atoms. The second kappa shape index (κ2) is 17.3. The Morgan fingerprint density at radius 3 is 2.14 bits per heavy atom. The molecule has 0 aliphatic carbocycles. The Balaban J connectivity index is 0.00000121. The van der Waals surface area contributed by atoms with Crippen molar-refractivity contribution in [3.8, 4) is 11.1 Å². The van der Waals surface area contributed by atoms with E-state index in [-0.39, 0.29) is 72.6 Å². The van der Waals surface area contributed by atoms with Crippen molar-refractivity contribution in [1.29, 1.82) is 0 Å². The third-order valence-electron chi connectivity index (χ3n) is 6.00. The van der Waals surface area contributed by atoms with Crippen LogP contribution in [0.5, 0.6) is 0 Å². The number of hydrogen-bond acceptors (Lipinski definition) is 7. The minimum atomic E-state index is -2.68. The van der Waals surface area contributed by atoms with E-state index in [1.807, 2.05) is 26.8 Å². The van der Waals surface area contributed by atoms with Crippen molar-refractivity contribution in [3.63, 3.8) is 0 Å². The zero-order valence-corrected chi connectivity index (χ0v) is 29.3. The van der Waals surface area contributed by atoms with E-state index in [1.54, 1.807) is 59.5 Å². The molecular weight excluding hydrogens is 616 g/mol. The summed E-state index contributed by atoms with van der Waals surface area (Å²) in [5.41, 5.74) is 7.46. The van der Waals surface area contributed by atoms with Gasteiger partial charge in [-0.15, -0.1) is 0 Å². The summed E-state index contributed by atoms with van der Waals surface area (Å²) in [6.07, 6.45) is 0.645. The largest absolute Gasteiger partial charge is 1.00 e. The first-order chi connectivity index (χ1) is 20.0. The molecular formula is C32H33ClFKN3O4S-. The topological polar surface area (TPSA) is 104 Å². The molecule has 0 aromatic heterocycles. The first-order valence-corrected chi connectivity index (χ1v) is 14.6. The molecule has 0 amide bonds. The molecule has 222 valence electrons. The number of carboxylic acid groups (broad SMARTS) is 1. The van der Waals surface area contributed by atoms with Gasteiger partial charge >= 0.3 is 57.4 Å². The smallest absolute Gasteiger partial charge is 0.498 e. The van der Waals surface area contributed by atoms with Crippen molar-refractivity contribution in [2.75, 3.05) is 16.3 Å². The van der Waals surface area contributed by atoms with Crippen LogP contribution in [-0.4, -0.2) is 23.7 Å². The molecule has 0 fully saturated rings. The predicted molar refractivity (Wildman–Crippen MR) is 168 cm³/mol. The molecule has 0 radical (unpaired) electrons. The van der Waals surface area contributed by atoms with Crippen molar-refractivity contribution in [2.45, 2.75) is 38.1 Å². The maximum absolute atomic E-state index is 15.1. The van der Waals surface area contributed by atoms with Crippen molar-refractivity contribution in [3.05, 3.63) is 108 Å². The van der Waals surface area contributed by atoms with Gasteiger partial charge in [-0.3, -0.25) is 7.05 Å². The second-order valence-corrected chi connectivity index (χ2v) is 11.0. The number of para-hydroxylation sites is 2. The van der Waals surface area contributed by atoms with E-state index >= 15 is 4.39 Å². The van der Waals surface area contributed by atoms with Crippen LogP contribution in [-0.2, 0) is 19.1 Å². The summed E-state index contributed by atoms with van der Waals surface area (Å²) >= 11 is 6.11. The van der Waals surface area contributed by atoms with Crippen molar-refractivity contribution < 1.29 is 74.1 Å². The predicted octanol–water partition coefficient (Wildman–Crippen LogP) is 5.35. The van der Waals surface area contributed by atoms with Crippen LogP contribution in [0.4, 0.5) is 27.1 Å². The van der Waals surface area contributed by atoms with E-state index in [2.05, 4.69) is 7.05 Å². The van der Waals surface area contributed by atoms with Gasteiger partial charge in [0.1, 0.15) is 5.82 Å². The van der Waals surface area contributed by atoms with E-state index < -0.39 is 22.5 Å². The van der Waals surface area contributed by atoms with Gasteiger partial charge in [-0.05, 0) is 76.9 Å². The number of aromatic carboxylic acids is 1. The fraction of sp³-hybridized carbons (Fsp3) is 0.188. The first-order valence-electron chi connectivity index (χ1n) is 13.2. The first kappa shape index (κ1) is 36.9. The molecule has 0 unspecified atom stereocenters. The Hall–Kier alpha value is -2.28. The molecule has 0 heterocycles. The van der Waals surface area contributed by atoms with Crippen LogP contribution < -0.4 is 66.9 Å². The molecule has 0 aliphatic rings. The van der Waals surface area contributed by atoms with E-state index in [4.69, 9.17) is 17.3 Å². The standard InChI is InChI=1S/C29H24ClFN2O4S.C3H9N.K/c1-3-15-33(25-12-8-7-11-24(25)31)26-18-27(32(2)20-9-5-4-6-10-20)28(38(36)37)17-21(26)19-13-14-23(30)22(16-19)29(34)35;1-3(2)4;/h4-14,16-18H,2-3,15H2,1H3,(H,34,35);3H,4H2,1-2H3;/q-2;;+1. The second-order valence-electron chi connectivity index (χ2n) is 9.68. The van der Waals surface area contributed by atoms with E-state index in [0.29, 0.717) is 47.2 Å². The molecule has 3 N–H and O–H groups in total. The van der Waals surface area contributed by atoms with Crippen LogP contribution in [0.1, 0.15) is 37.6 Å². The molecule has 0 saturated carbocycles. The number of nitrogens with two attached hydrogens (primary N) is 1. The third kappa shape index (κ3) is 9.60. The molecule has 11 heteroatoms. The van der Waals surface area contributed by atoms with Crippen LogP contribution in [0, 0.1) is 12.9 Å². The minimum absolute atomic E-state index is 0. The number of halogens is 2. The molecule has 0 aliphatic heterocycles. The molecule has 7 nitrogen and oxygen atoms in total. The summed E-state index contributed by atoms with van der Waals surface area (Å²) in [5, 5.41) is 9.68. The monoisotopic (exact) mass is 648 g/mol. The van der Waals surface area contributed by atoms with Gasteiger partial charge in [0.05, 0.1) is 22.0 Å². The number of carbonyl (C=O) groups is 1. The third-order valence-corrected chi connectivity index (χ3v) is 7.02. The summed E-state index contributed by atoms with van der Waals surface area (Å²) < 4.78 is 40.0. The van der Waals surface area contributed by atoms with Crippen LogP contribution in [0.3, 0.4) is 0 Å². The molecule has 0 saturated heterocycles. The van der Waals surface area contributed by atoms with E-state index in [9.17, 15) is 18.3 Å². The number of nitrogens with zero attached hydrogens (tertiary/aromatic N) is 2. The van der Waals surface area contributed by atoms with Crippen LogP contribution in [0.2, 0.25) is 5.02 Å². The fourth-order valence-corrected chi connectivity index (χ4v) is 4.98. The average molecular weight is 649 g/mol. The minimum Gasteiger partial charge on any atom is -0.498 e. The number of carboxylic acids is 1. The van der Waals surface area contributed by atoms with Gasteiger partial charge in [-0.25, -0.2) is 9.18 Å². The Morgan fingerprint density at radius 2 is 1.58 bits per heavy atom. The van der Waals surface area contributed by atoms with Gasteiger partial charge in [0.2, 0.25) is 0 Å². The van der Waals surface area contributed by atoms with Gasteiger partial charge in [-0.1, -0.05) is 79.7 Å². The van der Waals surface area contributed by atoms with Crippen LogP contribution in [0.15, 0.2) is 89.8 Å². The SMILES string of the molecule is CC(C)N.[CH2-]N(c1ccccc1)c1cc(N(CCC)c2ccccc2F)c(-c2ccc(Cl)c(C(=O)O)c2)cc1[S-](=O)=O.[K+]. The van der Waals surface area contributed by atoms with E-state index in [1.165, 1.54) is 29.2 Å². The Kier molecular flexibility index (Phi) is 14.8. The van der Waals surface area contributed by atoms with Crippen molar-refractivity contribution >= 4 is 51.0 Å². The summed E-state index contributed by atoms with van der Waals surface area (Å²) in [4.78, 5) is 15.0. The maximum atomic E-state index is 15.1. The molecule has 43 heavy (non-hydrogen) atoms. The average Bonchev–Trinajstić information content (AvgIpc) is 2.95. The van der Waals surface area contributed by atoms with Gasteiger partial charge in [-0.2, -0.15) is 0 Å². The quantitative estimate of drug-likeness (QED) is 0.143. The Bertz CT molecular complexity index is 1610. The van der Waals surface area contributed by atoms with E-state index in [0.717, 1.165) is 0 Å². The molecule has 4 rings (SSSR count). The Labute approximate surface area is 301 Å². The normalized spacial score (nSPS) is 10.5. The molecule has 0 atom stereocenters. The molecule has 0 spiro atoms. The van der Waals surface area contributed by atoms with Gasteiger partial charge in [0, 0.05) is 17.8 Å². The van der Waals surface area contributed by atoms with Gasteiger partial charge in [0.15, 0.2) is 0 Å². The maximum Gasteiger partial charge on any atom is 1.00 e. The summed E-state index contributed by atoms with van der Waals surface area (Å²) in [6, 6.07) is 23.2. The fourth-order valence-electron chi connectivity index (χ4n) is 4.22. The Morgan fingerprint density at radius 1 is 0.977 bits per heavy atom. The summed E-state index contributed by atoms with van der Waals surface area (Å²) in [6.45, 7) is 6.23. The summed E-state index contributed by atoms with van der Waals surface area (Å²) in [5.74, 6) is -1.68. The van der Waals surface area contributed by atoms with Crippen molar-refractivity contribution in [1.82, 2.24) is 0 Å². The number of rotatable bonds is 9. The summed E-state index contributed by atoms with van der Waals surface area (Å²) in [7, 11) is 1.40. The zero-order chi connectivity index (χ0) is 31.0. The molecule has 4 aromatic rings. The zero-order valence-electron chi connectivity index (χ0n) is 24.6. The number of benzene rings is 4.